The molecule has 3 rings (SSSR count). The Morgan fingerprint density at radius 3 is 3.08 bits per heavy atom. The smallest absolute Gasteiger partial charge is 0.238 e. The van der Waals surface area contributed by atoms with Crippen molar-refractivity contribution in [3.05, 3.63) is 46.4 Å². The minimum atomic E-state index is -0.0676. The van der Waals surface area contributed by atoms with Crippen LogP contribution in [-0.2, 0) is 17.8 Å². The summed E-state index contributed by atoms with van der Waals surface area (Å²) in [5.74, 6) is 1.53. The molecule has 6 heteroatoms. The van der Waals surface area contributed by atoms with Crippen LogP contribution in [0.3, 0.4) is 0 Å². The molecule has 2 aromatic rings. The maximum atomic E-state index is 12.4. The number of ether oxygens (including phenoxy) is 1. The summed E-state index contributed by atoms with van der Waals surface area (Å²) in [7, 11) is 1.56. The van der Waals surface area contributed by atoms with Crippen LogP contribution in [0.4, 0.5) is 5.69 Å². The van der Waals surface area contributed by atoms with E-state index in [0.717, 1.165) is 37.3 Å². The second kappa shape index (κ2) is 7.28. The van der Waals surface area contributed by atoms with Crippen molar-refractivity contribution in [3.63, 3.8) is 0 Å². The maximum Gasteiger partial charge on any atom is 0.238 e. The number of hydrogen-bond acceptors (Lipinski definition) is 4. The van der Waals surface area contributed by atoms with Crippen LogP contribution in [-0.4, -0.2) is 31.0 Å². The van der Waals surface area contributed by atoms with E-state index < -0.39 is 0 Å². The van der Waals surface area contributed by atoms with Gasteiger partial charge >= 0.3 is 0 Å². The van der Waals surface area contributed by atoms with Gasteiger partial charge in [0.25, 0.3) is 0 Å². The number of amides is 1. The third-order valence-electron chi connectivity index (χ3n) is 4.23. The molecule has 128 valence electrons. The highest BCUT2D eigenvalue weighted by Gasteiger charge is 2.19. The molecule has 0 spiro atoms. The van der Waals surface area contributed by atoms with E-state index in [0.29, 0.717) is 23.0 Å². The maximum absolute atomic E-state index is 12.4. The summed E-state index contributed by atoms with van der Waals surface area (Å²) < 4.78 is 10.8. The lowest BCUT2D eigenvalue weighted by molar-refractivity contribution is -0.117. The highest BCUT2D eigenvalue weighted by molar-refractivity contribution is 6.31. The highest BCUT2D eigenvalue weighted by atomic mass is 35.5. The molecule has 1 N–H and O–H groups in total. The van der Waals surface area contributed by atoms with Crippen LogP contribution >= 0.6 is 11.6 Å². The van der Waals surface area contributed by atoms with E-state index in [4.69, 9.17) is 20.8 Å². The number of fused-ring (bicyclic) bond motifs is 1. The van der Waals surface area contributed by atoms with Crippen molar-refractivity contribution in [2.45, 2.75) is 26.3 Å². The van der Waals surface area contributed by atoms with Crippen LogP contribution in [0.25, 0.3) is 0 Å². The first-order valence-corrected chi connectivity index (χ1v) is 8.36. The average molecular weight is 349 g/mol. The molecule has 1 amide bonds. The standard InChI is InChI=1S/C18H21ClN2O3/c1-12-8-15(17(23-2)9-14(12)19)20-18(22)11-21-6-3-4-16-13(10-21)5-7-24-16/h5,7-9H,3-4,6,10-11H2,1-2H3,(H,20,22). The van der Waals surface area contributed by atoms with Crippen molar-refractivity contribution in [2.75, 3.05) is 25.5 Å². The van der Waals surface area contributed by atoms with Crippen molar-refractivity contribution in [1.82, 2.24) is 4.90 Å². The van der Waals surface area contributed by atoms with E-state index in [9.17, 15) is 4.79 Å². The van der Waals surface area contributed by atoms with E-state index >= 15 is 0 Å². The zero-order valence-electron chi connectivity index (χ0n) is 13.9. The molecule has 0 saturated heterocycles. The van der Waals surface area contributed by atoms with Crippen LogP contribution in [0.15, 0.2) is 28.9 Å². The predicted molar refractivity (Wildman–Crippen MR) is 93.7 cm³/mol. The van der Waals surface area contributed by atoms with Gasteiger partial charge in [0.15, 0.2) is 0 Å². The van der Waals surface area contributed by atoms with Gasteiger partial charge in [-0.25, -0.2) is 0 Å². The number of methoxy groups -OCH3 is 1. The van der Waals surface area contributed by atoms with Gasteiger partial charge in [-0.05, 0) is 37.6 Å². The molecule has 1 aromatic carbocycles. The zero-order valence-corrected chi connectivity index (χ0v) is 14.7. The SMILES string of the molecule is COc1cc(Cl)c(C)cc1NC(=O)CN1CCCc2occc2C1. The molecule has 0 aliphatic carbocycles. The molecular formula is C18H21ClN2O3. The molecule has 24 heavy (non-hydrogen) atoms. The van der Waals surface area contributed by atoms with Crippen LogP contribution in [0.5, 0.6) is 5.75 Å². The fourth-order valence-corrected chi connectivity index (χ4v) is 3.12. The van der Waals surface area contributed by atoms with Gasteiger partial charge in [-0.1, -0.05) is 11.6 Å². The van der Waals surface area contributed by atoms with E-state index in [2.05, 4.69) is 10.2 Å². The van der Waals surface area contributed by atoms with Crippen molar-refractivity contribution >= 4 is 23.2 Å². The van der Waals surface area contributed by atoms with Gasteiger partial charge in [-0.15, -0.1) is 0 Å². The Balaban J connectivity index is 1.67. The van der Waals surface area contributed by atoms with Gasteiger partial charge in [0.05, 0.1) is 25.6 Å². The van der Waals surface area contributed by atoms with E-state index in [1.807, 2.05) is 19.1 Å². The van der Waals surface area contributed by atoms with Crippen LogP contribution in [0.1, 0.15) is 23.3 Å². The Morgan fingerprint density at radius 2 is 2.29 bits per heavy atom. The molecule has 1 aliphatic heterocycles. The number of carbonyl (C=O) groups is 1. The summed E-state index contributed by atoms with van der Waals surface area (Å²) in [5, 5.41) is 3.54. The molecule has 5 nitrogen and oxygen atoms in total. The quantitative estimate of drug-likeness (QED) is 0.916. The number of rotatable bonds is 4. The third kappa shape index (κ3) is 3.74. The number of furan rings is 1. The summed E-state index contributed by atoms with van der Waals surface area (Å²) in [5.41, 5.74) is 2.70. The number of nitrogens with zero attached hydrogens (tertiary/aromatic N) is 1. The number of anilines is 1. The summed E-state index contributed by atoms with van der Waals surface area (Å²) in [4.78, 5) is 14.6. The highest BCUT2D eigenvalue weighted by Crippen LogP contribution is 2.31. The molecule has 0 unspecified atom stereocenters. The fraction of sp³-hybridized carbons (Fsp3) is 0.389. The van der Waals surface area contributed by atoms with Crippen LogP contribution < -0.4 is 10.1 Å². The molecule has 0 atom stereocenters. The predicted octanol–water partition coefficient (Wildman–Crippen LogP) is 3.64. The van der Waals surface area contributed by atoms with Crippen molar-refractivity contribution < 1.29 is 13.9 Å². The zero-order chi connectivity index (χ0) is 17.1. The molecule has 2 heterocycles. The lowest BCUT2D eigenvalue weighted by atomic mass is 10.2. The second-order valence-corrected chi connectivity index (χ2v) is 6.44. The Labute approximate surface area is 146 Å². The number of aryl methyl sites for hydroxylation is 2. The third-order valence-corrected chi connectivity index (χ3v) is 4.64. The minimum Gasteiger partial charge on any atom is -0.495 e. The van der Waals surface area contributed by atoms with E-state index in [1.165, 1.54) is 5.56 Å². The van der Waals surface area contributed by atoms with Gasteiger partial charge in [-0.3, -0.25) is 9.69 Å². The van der Waals surface area contributed by atoms with Crippen LogP contribution in [0.2, 0.25) is 5.02 Å². The first kappa shape index (κ1) is 16.9. The number of benzene rings is 1. The van der Waals surface area contributed by atoms with Crippen molar-refractivity contribution in [3.8, 4) is 5.75 Å². The largest absolute Gasteiger partial charge is 0.495 e. The lowest BCUT2D eigenvalue weighted by Gasteiger charge is -2.20. The molecule has 0 fully saturated rings. The molecular weight excluding hydrogens is 328 g/mol. The molecule has 1 aliphatic rings. The van der Waals surface area contributed by atoms with Gasteiger partial charge in [0, 0.05) is 29.6 Å². The monoisotopic (exact) mass is 348 g/mol. The van der Waals surface area contributed by atoms with Gasteiger partial charge < -0.3 is 14.5 Å². The Morgan fingerprint density at radius 1 is 1.46 bits per heavy atom. The Kier molecular flexibility index (Phi) is 5.11. The summed E-state index contributed by atoms with van der Waals surface area (Å²) >= 11 is 6.10. The fourth-order valence-electron chi connectivity index (χ4n) is 2.97. The topological polar surface area (TPSA) is 54.7 Å². The Hall–Kier alpha value is -1.98. The molecule has 0 radical (unpaired) electrons. The molecule has 0 bridgehead atoms. The summed E-state index contributed by atoms with van der Waals surface area (Å²) in [6.45, 7) is 3.83. The van der Waals surface area contributed by atoms with Crippen molar-refractivity contribution in [2.24, 2.45) is 0 Å². The van der Waals surface area contributed by atoms with Crippen LogP contribution in [0, 0.1) is 6.92 Å². The van der Waals surface area contributed by atoms with E-state index in [-0.39, 0.29) is 5.91 Å². The van der Waals surface area contributed by atoms with Gasteiger partial charge in [0.2, 0.25) is 5.91 Å². The average Bonchev–Trinajstić information content (AvgIpc) is 2.89. The van der Waals surface area contributed by atoms with Gasteiger partial charge in [0.1, 0.15) is 11.5 Å². The Bertz CT molecular complexity index is 742. The first-order valence-electron chi connectivity index (χ1n) is 7.98. The number of carbonyl (C=O) groups excluding carboxylic acids is 1. The normalized spacial score (nSPS) is 14.8. The summed E-state index contributed by atoms with van der Waals surface area (Å²) in [6.07, 6.45) is 3.62. The molecule has 0 saturated carbocycles. The number of nitrogens with one attached hydrogen (secondary N) is 1. The van der Waals surface area contributed by atoms with Crippen molar-refractivity contribution in [1.29, 1.82) is 0 Å². The van der Waals surface area contributed by atoms with Gasteiger partial charge in [-0.2, -0.15) is 0 Å². The second-order valence-electron chi connectivity index (χ2n) is 6.03. The molecule has 1 aromatic heterocycles. The minimum absolute atomic E-state index is 0.0676. The van der Waals surface area contributed by atoms with E-state index in [1.54, 1.807) is 19.4 Å². The summed E-state index contributed by atoms with van der Waals surface area (Å²) in [6, 6.07) is 5.53. The number of hydrogen-bond donors (Lipinski definition) is 1. The first-order chi connectivity index (χ1) is 11.6. The number of halogens is 1. The lowest BCUT2D eigenvalue weighted by Crippen LogP contribution is -2.33.